The zero-order valence-electron chi connectivity index (χ0n) is 10.0. The minimum Gasteiger partial charge on any atom is -0.468 e. The van der Waals surface area contributed by atoms with E-state index < -0.39 is 18.0 Å². The van der Waals surface area contributed by atoms with Gasteiger partial charge in [-0.2, -0.15) is 0 Å². The Kier molecular flexibility index (Phi) is 5.36. The molecular formula is C13H17NO3. The highest BCUT2D eigenvalue weighted by Crippen LogP contribution is 2.05. The van der Waals surface area contributed by atoms with Crippen LogP contribution in [-0.2, 0) is 16.1 Å². The minimum absolute atomic E-state index is 0.475. The summed E-state index contributed by atoms with van der Waals surface area (Å²) in [4.78, 5) is 15.5. The van der Waals surface area contributed by atoms with E-state index in [9.17, 15) is 9.90 Å². The summed E-state index contributed by atoms with van der Waals surface area (Å²) in [6.45, 7) is 2.02. The average molecular weight is 235 g/mol. The molecule has 0 aliphatic rings. The molecule has 92 valence electrons. The third-order valence-corrected chi connectivity index (χ3v) is 2.38. The lowest BCUT2D eigenvalue weighted by Crippen LogP contribution is -2.28. The summed E-state index contributed by atoms with van der Waals surface area (Å²) in [5.41, 5.74) is 1.05. The molecule has 1 N–H and O–H groups in total. The quantitative estimate of drug-likeness (QED) is 0.620. The summed E-state index contributed by atoms with van der Waals surface area (Å²) in [5, 5.41) is 9.42. The van der Waals surface area contributed by atoms with Gasteiger partial charge in [0.25, 0.3) is 0 Å². The molecule has 1 aromatic carbocycles. The maximum absolute atomic E-state index is 11.3. The fraction of sp³-hybridized carbons (Fsp3) is 0.385. The highest BCUT2D eigenvalue weighted by molar-refractivity contribution is 5.90. The standard InChI is InChI=1S/C13H17NO3/c1-10(15)12(13(16)17-2)9-14-8-11-6-4-3-5-7-11/h3-7,9-10,12,15H,8H2,1-2H3/t10-,12+/m1/s1. The van der Waals surface area contributed by atoms with Crippen LogP contribution in [0.2, 0.25) is 0 Å². The van der Waals surface area contributed by atoms with E-state index >= 15 is 0 Å². The highest BCUT2D eigenvalue weighted by atomic mass is 16.5. The van der Waals surface area contributed by atoms with E-state index in [2.05, 4.69) is 9.73 Å². The van der Waals surface area contributed by atoms with Crippen molar-refractivity contribution in [2.75, 3.05) is 7.11 Å². The SMILES string of the molecule is COC(=O)[C@@H](C=NCc1ccccc1)[C@@H](C)O. The Morgan fingerprint density at radius 3 is 2.65 bits per heavy atom. The number of esters is 1. The lowest BCUT2D eigenvalue weighted by Gasteiger charge is -2.12. The third-order valence-electron chi connectivity index (χ3n) is 2.38. The van der Waals surface area contributed by atoms with Crippen molar-refractivity contribution in [1.82, 2.24) is 0 Å². The van der Waals surface area contributed by atoms with Crippen molar-refractivity contribution in [3.05, 3.63) is 35.9 Å². The largest absolute Gasteiger partial charge is 0.468 e. The van der Waals surface area contributed by atoms with Crippen molar-refractivity contribution in [3.63, 3.8) is 0 Å². The number of aliphatic imine (C=N–C) groups is 1. The van der Waals surface area contributed by atoms with Gasteiger partial charge >= 0.3 is 5.97 Å². The fourth-order valence-corrected chi connectivity index (χ4v) is 1.37. The first-order valence-electron chi connectivity index (χ1n) is 5.45. The molecule has 0 amide bonds. The van der Waals surface area contributed by atoms with Gasteiger partial charge in [-0.3, -0.25) is 9.79 Å². The number of ether oxygens (including phenoxy) is 1. The van der Waals surface area contributed by atoms with Gasteiger partial charge in [0.15, 0.2) is 0 Å². The van der Waals surface area contributed by atoms with Crippen LogP contribution in [0.5, 0.6) is 0 Å². The van der Waals surface area contributed by atoms with Crippen molar-refractivity contribution in [2.45, 2.75) is 19.6 Å². The molecule has 0 heterocycles. The van der Waals surface area contributed by atoms with E-state index in [1.807, 2.05) is 30.3 Å². The summed E-state index contributed by atoms with van der Waals surface area (Å²) in [7, 11) is 1.29. The van der Waals surface area contributed by atoms with Gasteiger partial charge in [0.05, 0.1) is 19.8 Å². The molecule has 0 aromatic heterocycles. The number of carbonyl (C=O) groups excluding carboxylic acids is 1. The van der Waals surface area contributed by atoms with E-state index in [1.54, 1.807) is 0 Å². The number of rotatable bonds is 5. The summed E-state index contributed by atoms with van der Waals surface area (Å²) in [6, 6.07) is 9.69. The molecule has 4 heteroatoms. The number of benzene rings is 1. The topological polar surface area (TPSA) is 58.9 Å². The molecule has 0 fully saturated rings. The van der Waals surface area contributed by atoms with E-state index in [4.69, 9.17) is 0 Å². The Bertz CT molecular complexity index is 374. The van der Waals surface area contributed by atoms with Crippen LogP contribution in [0.4, 0.5) is 0 Å². The number of carbonyl (C=O) groups is 1. The molecule has 0 saturated heterocycles. The predicted octanol–water partition coefficient (Wildman–Crippen LogP) is 1.43. The van der Waals surface area contributed by atoms with E-state index in [0.717, 1.165) is 5.56 Å². The highest BCUT2D eigenvalue weighted by Gasteiger charge is 2.21. The Hall–Kier alpha value is -1.68. The molecule has 0 spiro atoms. The van der Waals surface area contributed by atoms with Gasteiger partial charge in [-0.25, -0.2) is 0 Å². The van der Waals surface area contributed by atoms with Crippen molar-refractivity contribution in [3.8, 4) is 0 Å². The van der Waals surface area contributed by atoms with Gasteiger partial charge in [-0.1, -0.05) is 30.3 Å². The first-order valence-corrected chi connectivity index (χ1v) is 5.45. The Morgan fingerprint density at radius 1 is 1.47 bits per heavy atom. The van der Waals surface area contributed by atoms with Crippen molar-refractivity contribution in [1.29, 1.82) is 0 Å². The second kappa shape index (κ2) is 6.81. The van der Waals surface area contributed by atoms with Crippen LogP contribution in [0.3, 0.4) is 0 Å². The normalized spacial score (nSPS) is 14.5. The molecular weight excluding hydrogens is 218 g/mol. The minimum atomic E-state index is -0.804. The van der Waals surface area contributed by atoms with Crippen molar-refractivity contribution in [2.24, 2.45) is 10.9 Å². The first kappa shape index (κ1) is 13.4. The number of aliphatic hydroxyl groups excluding tert-OH is 1. The monoisotopic (exact) mass is 235 g/mol. The van der Waals surface area contributed by atoms with E-state index in [-0.39, 0.29) is 0 Å². The van der Waals surface area contributed by atoms with Gasteiger partial charge in [-0.15, -0.1) is 0 Å². The number of hydrogen-bond donors (Lipinski definition) is 1. The maximum Gasteiger partial charge on any atom is 0.316 e. The van der Waals surface area contributed by atoms with Crippen LogP contribution < -0.4 is 0 Å². The number of nitrogens with zero attached hydrogens (tertiary/aromatic N) is 1. The van der Waals surface area contributed by atoms with Crippen LogP contribution in [0, 0.1) is 5.92 Å². The van der Waals surface area contributed by atoms with E-state index in [0.29, 0.717) is 6.54 Å². The van der Waals surface area contributed by atoms with Crippen LogP contribution in [-0.4, -0.2) is 30.5 Å². The van der Waals surface area contributed by atoms with Gasteiger partial charge < -0.3 is 9.84 Å². The smallest absolute Gasteiger partial charge is 0.316 e. The zero-order valence-corrected chi connectivity index (χ0v) is 10.0. The lowest BCUT2D eigenvalue weighted by atomic mass is 10.1. The maximum atomic E-state index is 11.3. The van der Waals surface area contributed by atoms with Crippen molar-refractivity contribution >= 4 is 12.2 Å². The second-order valence-electron chi connectivity index (χ2n) is 3.76. The molecule has 0 bridgehead atoms. The zero-order chi connectivity index (χ0) is 12.7. The lowest BCUT2D eigenvalue weighted by molar-refractivity contribution is -0.145. The molecule has 0 aliphatic carbocycles. The van der Waals surface area contributed by atoms with Crippen molar-refractivity contribution < 1.29 is 14.6 Å². The van der Waals surface area contributed by atoms with Crippen LogP contribution in [0.15, 0.2) is 35.3 Å². The van der Waals surface area contributed by atoms with Crippen LogP contribution in [0.1, 0.15) is 12.5 Å². The van der Waals surface area contributed by atoms with Crippen LogP contribution in [0.25, 0.3) is 0 Å². The number of methoxy groups -OCH3 is 1. The van der Waals surface area contributed by atoms with E-state index in [1.165, 1.54) is 20.2 Å². The molecule has 1 rings (SSSR count). The molecule has 4 nitrogen and oxygen atoms in total. The Balaban J connectivity index is 2.59. The van der Waals surface area contributed by atoms with Gasteiger partial charge in [0.2, 0.25) is 0 Å². The summed E-state index contributed by atoms with van der Waals surface area (Å²) < 4.78 is 4.59. The first-order chi connectivity index (χ1) is 8.15. The molecule has 2 atom stereocenters. The molecule has 0 aliphatic heterocycles. The van der Waals surface area contributed by atoms with Gasteiger partial charge in [0, 0.05) is 6.21 Å². The Labute approximate surface area is 101 Å². The molecule has 17 heavy (non-hydrogen) atoms. The Morgan fingerprint density at radius 2 is 2.12 bits per heavy atom. The summed E-state index contributed by atoms with van der Waals surface area (Å²) in [5.74, 6) is -1.18. The summed E-state index contributed by atoms with van der Waals surface area (Å²) >= 11 is 0. The predicted molar refractivity (Wildman–Crippen MR) is 65.8 cm³/mol. The fourth-order valence-electron chi connectivity index (χ4n) is 1.37. The molecule has 0 unspecified atom stereocenters. The third kappa shape index (κ3) is 4.36. The van der Waals surface area contributed by atoms with Gasteiger partial charge in [-0.05, 0) is 12.5 Å². The summed E-state index contributed by atoms with van der Waals surface area (Å²) in [6.07, 6.45) is 0.644. The average Bonchev–Trinajstić information content (AvgIpc) is 2.34. The molecule has 1 aromatic rings. The molecule has 0 radical (unpaired) electrons. The number of hydrogen-bond acceptors (Lipinski definition) is 4. The number of aliphatic hydroxyl groups is 1. The molecule has 0 saturated carbocycles. The second-order valence-corrected chi connectivity index (χ2v) is 3.76. The van der Waals surface area contributed by atoms with Gasteiger partial charge in [0.1, 0.15) is 5.92 Å². The van der Waals surface area contributed by atoms with Crippen LogP contribution >= 0.6 is 0 Å².